The van der Waals surface area contributed by atoms with E-state index in [0.29, 0.717) is 0 Å². The largest absolute Gasteiger partial charge is 0.494 e. The summed E-state index contributed by atoms with van der Waals surface area (Å²) in [6.07, 6.45) is 1.03. The van der Waals surface area contributed by atoms with Gasteiger partial charge in [-0.15, -0.1) is 0 Å². The number of ether oxygens (including phenoxy) is 1. The molecular formula is C16H18ClNO. The van der Waals surface area contributed by atoms with Gasteiger partial charge in [-0.05, 0) is 42.3 Å². The zero-order valence-electron chi connectivity index (χ0n) is 11.0. The third-order valence-corrected chi connectivity index (χ3v) is 2.95. The second-order valence-electron chi connectivity index (χ2n) is 4.36. The minimum Gasteiger partial charge on any atom is -0.494 e. The lowest BCUT2D eigenvalue weighted by Gasteiger charge is -2.08. The molecule has 0 radical (unpaired) electrons. The Hall–Kier alpha value is -1.67. The van der Waals surface area contributed by atoms with E-state index in [1.54, 1.807) is 0 Å². The Balaban J connectivity index is 1.89. The summed E-state index contributed by atoms with van der Waals surface area (Å²) in [5, 5.41) is 4.08. The molecule has 3 heteroatoms. The van der Waals surface area contributed by atoms with Crippen molar-refractivity contribution in [2.75, 3.05) is 11.9 Å². The average Bonchev–Trinajstić information content (AvgIpc) is 2.44. The molecule has 0 unspecified atom stereocenters. The Morgan fingerprint density at radius 1 is 1.11 bits per heavy atom. The first-order chi connectivity index (χ1) is 9.28. The average molecular weight is 276 g/mol. The molecule has 2 aromatic rings. The van der Waals surface area contributed by atoms with Gasteiger partial charge in [0.15, 0.2) is 0 Å². The number of rotatable bonds is 6. The quantitative estimate of drug-likeness (QED) is 0.822. The maximum absolute atomic E-state index is 5.94. The van der Waals surface area contributed by atoms with Crippen molar-refractivity contribution in [3.63, 3.8) is 0 Å². The smallest absolute Gasteiger partial charge is 0.119 e. The summed E-state index contributed by atoms with van der Waals surface area (Å²) >= 11 is 5.94. The molecule has 0 spiro atoms. The Bertz CT molecular complexity index is 510. The number of halogens is 1. The fourth-order valence-corrected chi connectivity index (χ4v) is 1.92. The van der Waals surface area contributed by atoms with E-state index >= 15 is 0 Å². The monoisotopic (exact) mass is 275 g/mol. The number of benzene rings is 2. The van der Waals surface area contributed by atoms with Gasteiger partial charge >= 0.3 is 0 Å². The molecule has 0 aliphatic carbocycles. The van der Waals surface area contributed by atoms with Gasteiger partial charge in [-0.1, -0.05) is 36.7 Å². The first-order valence-corrected chi connectivity index (χ1v) is 6.87. The lowest BCUT2D eigenvalue weighted by Crippen LogP contribution is -1.99. The normalized spacial score (nSPS) is 10.2. The molecule has 100 valence electrons. The molecule has 2 rings (SSSR count). The highest BCUT2D eigenvalue weighted by Gasteiger charge is 1.97. The van der Waals surface area contributed by atoms with Crippen molar-refractivity contribution >= 4 is 17.3 Å². The number of nitrogens with one attached hydrogen (secondary N) is 1. The van der Waals surface area contributed by atoms with Crippen LogP contribution in [-0.2, 0) is 6.54 Å². The van der Waals surface area contributed by atoms with Gasteiger partial charge < -0.3 is 10.1 Å². The van der Waals surface area contributed by atoms with Gasteiger partial charge in [0.25, 0.3) is 0 Å². The van der Waals surface area contributed by atoms with Crippen molar-refractivity contribution in [1.29, 1.82) is 0 Å². The van der Waals surface area contributed by atoms with E-state index in [2.05, 4.69) is 24.4 Å². The van der Waals surface area contributed by atoms with Crippen molar-refractivity contribution in [2.24, 2.45) is 0 Å². The molecule has 19 heavy (non-hydrogen) atoms. The molecular weight excluding hydrogens is 258 g/mol. The van der Waals surface area contributed by atoms with Crippen LogP contribution in [0.25, 0.3) is 0 Å². The van der Waals surface area contributed by atoms with E-state index < -0.39 is 0 Å². The van der Waals surface area contributed by atoms with Gasteiger partial charge in [-0.25, -0.2) is 0 Å². The standard InChI is InChI=1S/C16H18ClNO/c1-2-10-19-16-8-6-13(7-9-16)12-18-15-5-3-4-14(17)11-15/h3-9,11,18H,2,10,12H2,1H3. The third-order valence-electron chi connectivity index (χ3n) is 2.72. The molecule has 1 N–H and O–H groups in total. The third kappa shape index (κ3) is 4.49. The van der Waals surface area contributed by atoms with Crippen LogP contribution in [0.15, 0.2) is 48.5 Å². The van der Waals surface area contributed by atoms with Crippen LogP contribution in [0.1, 0.15) is 18.9 Å². The van der Waals surface area contributed by atoms with E-state index in [0.717, 1.165) is 36.0 Å². The summed E-state index contributed by atoms with van der Waals surface area (Å²) in [4.78, 5) is 0. The molecule has 0 heterocycles. The van der Waals surface area contributed by atoms with E-state index in [1.807, 2.05) is 36.4 Å². The molecule has 0 bridgehead atoms. The van der Waals surface area contributed by atoms with Gasteiger partial charge in [0.2, 0.25) is 0 Å². The fourth-order valence-electron chi connectivity index (χ4n) is 1.73. The minimum absolute atomic E-state index is 0.744. The summed E-state index contributed by atoms with van der Waals surface area (Å²) < 4.78 is 5.55. The first kappa shape index (κ1) is 13.8. The fraction of sp³-hybridized carbons (Fsp3) is 0.250. The lowest BCUT2D eigenvalue weighted by atomic mass is 10.2. The van der Waals surface area contributed by atoms with Gasteiger partial charge in [0.05, 0.1) is 6.61 Å². The summed E-state index contributed by atoms with van der Waals surface area (Å²) in [7, 11) is 0. The summed E-state index contributed by atoms with van der Waals surface area (Å²) in [5.74, 6) is 0.924. The van der Waals surface area contributed by atoms with Crippen LogP contribution in [0.4, 0.5) is 5.69 Å². The molecule has 2 aromatic carbocycles. The Kier molecular flexibility index (Phi) is 5.10. The molecule has 0 amide bonds. The molecule has 0 atom stereocenters. The number of hydrogen-bond acceptors (Lipinski definition) is 2. The highest BCUT2D eigenvalue weighted by molar-refractivity contribution is 6.30. The summed E-state index contributed by atoms with van der Waals surface area (Å²) in [5.41, 5.74) is 2.24. The molecule has 0 fully saturated rings. The molecule has 2 nitrogen and oxygen atoms in total. The second kappa shape index (κ2) is 7.05. The lowest BCUT2D eigenvalue weighted by molar-refractivity contribution is 0.317. The highest BCUT2D eigenvalue weighted by atomic mass is 35.5. The van der Waals surface area contributed by atoms with Crippen molar-refractivity contribution in [2.45, 2.75) is 19.9 Å². The maximum Gasteiger partial charge on any atom is 0.119 e. The van der Waals surface area contributed by atoms with Gasteiger partial charge in [0.1, 0.15) is 5.75 Å². The minimum atomic E-state index is 0.744. The zero-order valence-corrected chi connectivity index (χ0v) is 11.8. The second-order valence-corrected chi connectivity index (χ2v) is 4.79. The molecule has 0 aliphatic heterocycles. The first-order valence-electron chi connectivity index (χ1n) is 6.49. The molecule has 0 saturated carbocycles. The summed E-state index contributed by atoms with van der Waals surface area (Å²) in [6, 6.07) is 15.9. The topological polar surface area (TPSA) is 21.3 Å². The van der Waals surface area contributed by atoms with Crippen LogP contribution in [0.2, 0.25) is 5.02 Å². The van der Waals surface area contributed by atoms with Crippen molar-refractivity contribution < 1.29 is 4.74 Å². The van der Waals surface area contributed by atoms with Gasteiger partial charge in [-0.2, -0.15) is 0 Å². The number of hydrogen-bond donors (Lipinski definition) is 1. The van der Waals surface area contributed by atoms with Crippen LogP contribution in [-0.4, -0.2) is 6.61 Å². The van der Waals surface area contributed by atoms with Crippen LogP contribution < -0.4 is 10.1 Å². The molecule has 0 saturated heterocycles. The van der Waals surface area contributed by atoms with E-state index in [4.69, 9.17) is 16.3 Å². The zero-order chi connectivity index (χ0) is 13.5. The van der Waals surface area contributed by atoms with Crippen LogP contribution in [0.5, 0.6) is 5.75 Å². The predicted molar refractivity (Wildman–Crippen MR) is 81.0 cm³/mol. The van der Waals surface area contributed by atoms with E-state index in [-0.39, 0.29) is 0 Å². The van der Waals surface area contributed by atoms with Crippen LogP contribution >= 0.6 is 11.6 Å². The number of anilines is 1. The molecule has 0 aromatic heterocycles. The van der Waals surface area contributed by atoms with Gasteiger partial charge in [0, 0.05) is 17.3 Å². The Labute approximate surface area is 119 Å². The van der Waals surface area contributed by atoms with Crippen LogP contribution in [0, 0.1) is 0 Å². The predicted octanol–water partition coefficient (Wildman–Crippen LogP) is 4.74. The van der Waals surface area contributed by atoms with Crippen molar-refractivity contribution in [1.82, 2.24) is 0 Å². The van der Waals surface area contributed by atoms with Crippen molar-refractivity contribution in [3.8, 4) is 5.75 Å². The molecule has 0 aliphatic rings. The van der Waals surface area contributed by atoms with E-state index in [1.165, 1.54) is 5.56 Å². The Morgan fingerprint density at radius 2 is 1.89 bits per heavy atom. The SMILES string of the molecule is CCCOc1ccc(CNc2cccc(Cl)c2)cc1. The summed E-state index contributed by atoms with van der Waals surface area (Å²) in [6.45, 7) is 3.64. The van der Waals surface area contributed by atoms with Gasteiger partial charge in [-0.3, -0.25) is 0 Å². The van der Waals surface area contributed by atoms with Crippen molar-refractivity contribution in [3.05, 3.63) is 59.1 Å². The van der Waals surface area contributed by atoms with E-state index in [9.17, 15) is 0 Å². The van der Waals surface area contributed by atoms with Crippen LogP contribution in [0.3, 0.4) is 0 Å². The highest BCUT2D eigenvalue weighted by Crippen LogP contribution is 2.17. The Morgan fingerprint density at radius 3 is 2.58 bits per heavy atom. The maximum atomic E-state index is 5.94.